The number of anilines is 1. The van der Waals surface area contributed by atoms with Crippen molar-refractivity contribution in [2.45, 2.75) is 63.1 Å². The molecule has 5 rings (SSSR count). The van der Waals surface area contributed by atoms with Crippen LogP contribution in [0.25, 0.3) is 0 Å². The maximum absolute atomic E-state index is 14.2. The molecular weight excluding hydrogens is 605 g/mol. The van der Waals surface area contributed by atoms with Crippen LogP contribution in [-0.2, 0) is 26.2 Å². The maximum atomic E-state index is 14.2. The van der Waals surface area contributed by atoms with Gasteiger partial charge in [0, 0.05) is 12.6 Å². The van der Waals surface area contributed by atoms with E-state index >= 15 is 0 Å². The molecule has 1 aliphatic carbocycles. The van der Waals surface area contributed by atoms with Crippen molar-refractivity contribution in [3.05, 3.63) is 120 Å². The first-order valence-corrected chi connectivity index (χ1v) is 16.8. The van der Waals surface area contributed by atoms with E-state index in [1.807, 2.05) is 25.1 Å². The zero-order valence-corrected chi connectivity index (χ0v) is 26.8. The Labute approximate surface area is 269 Å². The van der Waals surface area contributed by atoms with E-state index in [0.717, 1.165) is 35.6 Å². The highest BCUT2D eigenvalue weighted by atomic mass is 32.2. The van der Waals surface area contributed by atoms with E-state index in [1.165, 1.54) is 29.2 Å². The molecule has 0 bridgehead atoms. The van der Waals surface area contributed by atoms with Crippen molar-refractivity contribution in [3.8, 4) is 11.5 Å². The van der Waals surface area contributed by atoms with E-state index in [-0.39, 0.29) is 29.1 Å². The van der Waals surface area contributed by atoms with Gasteiger partial charge in [0.2, 0.25) is 11.8 Å². The van der Waals surface area contributed by atoms with Crippen molar-refractivity contribution in [1.82, 2.24) is 10.2 Å². The molecule has 0 saturated heterocycles. The molecule has 1 aliphatic rings. The van der Waals surface area contributed by atoms with Crippen molar-refractivity contribution in [2.24, 2.45) is 0 Å². The van der Waals surface area contributed by atoms with Gasteiger partial charge in [0.05, 0.1) is 10.6 Å². The number of hydrogen-bond donors (Lipinski definition) is 1. The summed E-state index contributed by atoms with van der Waals surface area (Å²) in [5.74, 6) is -0.222. The normalized spacial score (nSPS) is 14.0. The molecule has 10 heteroatoms. The lowest BCUT2D eigenvalue weighted by Gasteiger charge is -2.32. The number of sulfonamides is 1. The Morgan fingerprint density at radius 1 is 0.870 bits per heavy atom. The van der Waals surface area contributed by atoms with Crippen LogP contribution in [0.2, 0.25) is 0 Å². The van der Waals surface area contributed by atoms with Crippen LogP contribution in [0.3, 0.4) is 0 Å². The topological polar surface area (TPSA) is 96.0 Å². The van der Waals surface area contributed by atoms with Crippen molar-refractivity contribution < 1.29 is 27.1 Å². The largest absolute Gasteiger partial charge is 0.457 e. The standard InChI is InChI=1S/C36H38FN3O5S/c1-26-12-22-34(23-13-26)46(43,44)40(31-18-20-33(21-19-31)45-32-10-4-3-5-11-32)25-35(41)39(24-28-14-16-29(37)17-15-28)27(2)36(42)38-30-8-6-7-9-30/h3-5,10-23,27,30H,6-9,24-25H2,1-2H3,(H,38,42). The number of nitrogens with one attached hydrogen (secondary N) is 1. The predicted molar refractivity (Wildman–Crippen MR) is 175 cm³/mol. The number of hydrogen-bond acceptors (Lipinski definition) is 5. The fraction of sp³-hybridized carbons (Fsp3) is 0.278. The summed E-state index contributed by atoms with van der Waals surface area (Å²) in [6.45, 7) is 2.90. The van der Waals surface area contributed by atoms with Crippen LogP contribution >= 0.6 is 0 Å². The van der Waals surface area contributed by atoms with Gasteiger partial charge in [0.25, 0.3) is 10.0 Å². The first-order valence-electron chi connectivity index (χ1n) is 15.4. The first kappa shape index (κ1) is 32.7. The zero-order chi connectivity index (χ0) is 32.7. The predicted octanol–water partition coefficient (Wildman–Crippen LogP) is 6.60. The highest BCUT2D eigenvalue weighted by Crippen LogP contribution is 2.29. The average molecular weight is 644 g/mol. The van der Waals surface area contributed by atoms with Crippen LogP contribution in [0.5, 0.6) is 11.5 Å². The first-order chi connectivity index (χ1) is 22.1. The number of nitrogens with zero attached hydrogens (tertiary/aromatic N) is 2. The minimum Gasteiger partial charge on any atom is -0.457 e. The summed E-state index contributed by atoms with van der Waals surface area (Å²) < 4.78 is 48.9. The van der Waals surface area contributed by atoms with Crippen molar-refractivity contribution in [2.75, 3.05) is 10.8 Å². The van der Waals surface area contributed by atoms with Gasteiger partial charge in [-0.15, -0.1) is 0 Å². The van der Waals surface area contributed by atoms with Crippen LogP contribution in [-0.4, -0.2) is 43.8 Å². The molecule has 4 aromatic carbocycles. The molecule has 0 aliphatic heterocycles. The number of ether oxygens (including phenoxy) is 1. The fourth-order valence-electron chi connectivity index (χ4n) is 5.43. The van der Waals surface area contributed by atoms with E-state index in [0.29, 0.717) is 17.1 Å². The monoisotopic (exact) mass is 643 g/mol. The molecule has 1 unspecified atom stereocenters. The Balaban J connectivity index is 1.46. The zero-order valence-electron chi connectivity index (χ0n) is 25.9. The summed E-state index contributed by atoms with van der Waals surface area (Å²) in [6.07, 6.45) is 3.80. The van der Waals surface area contributed by atoms with Crippen molar-refractivity contribution in [3.63, 3.8) is 0 Å². The summed E-state index contributed by atoms with van der Waals surface area (Å²) in [6, 6.07) is 26.8. The van der Waals surface area contributed by atoms with Gasteiger partial charge in [-0.2, -0.15) is 0 Å². The van der Waals surface area contributed by atoms with Gasteiger partial charge < -0.3 is 15.0 Å². The molecule has 1 atom stereocenters. The number of aryl methyl sites for hydroxylation is 1. The second kappa shape index (κ2) is 14.6. The molecule has 0 heterocycles. The van der Waals surface area contributed by atoms with Crippen LogP contribution in [0.15, 0.2) is 108 Å². The molecule has 0 radical (unpaired) electrons. The summed E-state index contributed by atoms with van der Waals surface area (Å²) in [5.41, 5.74) is 1.74. The summed E-state index contributed by atoms with van der Waals surface area (Å²) in [4.78, 5) is 28.9. The van der Waals surface area contributed by atoms with Crippen LogP contribution < -0.4 is 14.4 Å². The van der Waals surface area contributed by atoms with Gasteiger partial charge in [-0.05, 0) is 92.9 Å². The molecule has 0 spiro atoms. The minimum absolute atomic E-state index is 0.0133. The second-order valence-corrected chi connectivity index (χ2v) is 13.4. The van der Waals surface area contributed by atoms with Gasteiger partial charge in [0.15, 0.2) is 0 Å². The number of rotatable bonds is 12. The molecule has 46 heavy (non-hydrogen) atoms. The molecule has 1 N–H and O–H groups in total. The average Bonchev–Trinajstić information content (AvgIpc) is 3.57. The van der Waals surface area contributed by atoms with E-state index in [2.05, 4.69) is 5.32 Å². The van der Waals surface area contributed by atoms with Gasteiger partial charge >= 0.3 is 0 Å². The Hall–Kier alpha value is -4.70. The Morgan fingerprint density at radius 3 is 2.11 bits per heavy atom. The maximum Gasteiger partial charge on any atom is 0.264 e. The van der Waals surface area contributed by atoms with Crippen molar-refractivity contribution >= 4 is 27.5 Å². The Morgan fingerprint density at radius 2 is 1.48 bits per heavy atom. The van der Waals surface area contributed by atoms with Crippen LogP contribution in [0, 0.1) is 12.7 Å². The lowest BCUT2D eigenvalue weighted by Crippen LogP contribution is -2.52. The van der Waals surface area contributed by atoms with Gasteiger partial charge in [0.1, 0.15) is 29.9 Å². The highest BCUT2D eigenvalue weighted by Gasteiger charge is 2.33. The molecule has 2 amide bonds. The third-order valence-electron chi connectivity index (χ3n) is 8.13. The number of amides is 2. The number of halogens is 1. The second-order valence-electron chi connectivity index (χ2n) is 11.5. The van der Waals surface area contributed by atoms with Crippen LogP contribution in [0.4, 0.5) is 10.1 Å². The van der Waals surface area contributed by atoms with E-state index in [4.69, 9.17) is 4.74 Å². The molecule has 240 valence electrons. The molecule has 0 aromatic heterocycles. The quantitative estimate of drug-likeness (QED) is 0.188. The van der Waals surface area contributed by atoms with E-state index in [1.54, 1.807) is 67.6 Å². The number of carbonyl (C=O) groups is 2. The third kappa shape index (κ3) is 8.11. The van der Waals surface area contributed by atoms with Gasteiger partial charge in [-0.25, -0.2) is 12.8 Å². The highest BCUT2D eigenvalue weighted by molar-refractivity contribution is 7.92. The number of benzene rings is 4. The van der Waals surface area contributed by atoms with Gasteiger partial charge in [-0.1, -0.05) is 60.9 Å². The van der Waals surface area contributed by atoms with E-state index in [9.17, 15) is 22.4 Å². The number of para-hydroxylation sites is 1. The summed E-state index contributed by atoms with van der Waals surface area (Å²) in [7, 11) is -4.22. The van der Waals surface area contributed by atoms with Gasteiger partial charge in [-0.3, -0.25) is 13.9 Å². The molecule has 8 nitrogen and oxygen atoms in total. The fourth-order valence-corrected chi connectivity index (χ4v) is 6.85. The Bertz CT molecular complexity index is 1730. The molecular formula is C36H38FN3O5S. The molecule has 4 aromatic rings. The number of carbonyl (C=O) groups excluding carboxylic acids is 2. The molecule has 1 fully saturated rings. The van der Waals surface area contributed by atoms with E-state index < -0.39 is 34.3 Å². The lowest BCUT2D eigenvalue weighted by atomic mass is 10.1. The summed E-state index contributed by atoms with van der Waals surface area (Å²) in [5, 5.41) is 3.04. The minimum atomic E-state index is -4.22. The molecule has 1 saturated carbocycles. The smallest absolute Gasteiger partial charge is 0.264 e. The Kier molecular flexibility index (Phi) is 10.4. The third-order valence-corrected chi connectivity index (χ3v) is 9.91. The van der Waals surface area contributed by atoms with Crippen LogP contribution in [0.1, 0.15) is 43.7 Å². The summed E-state index contributed by atoms with van der Waals surface area (Å²) >= 11 is 0. The SMILES string of the molecule is Cc1ccc(S(=O)(=O)N(CC(=O)N(Cc2ccc(F)cc2)C(C)C(=O)NC2CCCC2)c2ccc(Oc3ccccc3)cc2)cc1. The van der Waals surface area contributed by atoms with Crippen molar-refractivity contribution in [1.29, 1.82) is 0 Å². The lowest BCUT2D eigenvalue weighted by molar-refractivity contribution is -0.139.